The number of phenolic OH excluding ortho intramolecular Hbond substituents is 1. The van der Waals surface area contributed by atoms with Crippen LogP contribution in [0.25, 0.3) is 22.5 Å². The van der Waals surface area contributed by atoms with Crippen molar-refractivity contribution in [1.82, 2.24) is 15.2 Å². The maximum Gasteiger partial charge on any atom is 0.263 e. The highest BCUT2D eigenvalue weighted by atomic mass is 16.3. The van der Waals surface area contributed by atoms with Crippen molar-refractivity contribution in [3.05, 3.63) is 90.5 Å². The van der Waals surface area contributed by atoms with Gasteiger partial charge in [-0.05, 0) is 12.1 Å². The molecule has 0 saturated carbocycles. The predicted molar refractivity (Wildman–Crippen MR) is 110 cm³/mol. The predicted octanol–water partition coefficient (Wildman–Crippen LogP) is 4.36. The van der Waals surface area contributed by atoms with Crippen LogP contribution in [0.4, 0.5) is 5.95 Å². The first-order chi connectivity index (χ1) is 13.8. The molecule has 6 nitrogen and oxygen atoms in total. The van der Waals surface area contributed by atoms with Crippen LogP contribution < -0.4 is 5.43 Å². The lowest BCUT2D eigenvalue weighted by Crippen LogP contribution is -2.03. The number of benzene rings is 3. The summed E-state index contributed by atoms with van der Waals surface area (Å²) in [5.74, 6) is 0.418. The number of aromatic hydroxyl groups is 1. The molecule has 1 aromatic heterocycles. The highest BCUT2D eigenvalue weighted by Crippen LogP contribution is 2.28. The zero-order valence-electron chi connectivity index (χ0n) is 14.9. The fourth-order valence-electron chi connectivity index (χ4n) is 2.72. The molecule has 0 bridgehead atoms. The molecule has 0 aliphatic heterocycles. The van der Waals surface area contributed by atoms with Gasteiger partial charge in [0.05, 0.1) is 6.21 Å². The SMILES string of the molecule is Oc1ccccc1/C=N/Nc1nnc(-c2ccccc2)c(-c2ccccc2)n1. The fraction of sp³-hybridized carbons (Fsp3) is 0. The molecule has 0 unspecified atom stereocenters. The molecule has 0 spiro atoms. The van der Waals surface area contributed by atoms with E-state index in [1.54, 1.807) is 18.2 Å². The zero-order chi connectivity index (χ0) is 19.2. The molecule has 0 aliphatic rings. The second kappa shape index (κ2) is 8.09. The first-order valence-electron chi connectivity index (χ1n) is 8.74. The van der Waals surface area contributed by atoms with E-state index < -0.39 is 0 Å². The Kier molecular flexibility index (Phi) is 5.02. The van der Waals surface area contributed by atoms with Crippen molar-refractivity contribution in [3.63, 3.8) is 0 Å². The second-order valence-corrected chi connectivity index (χ2v) is 5.99. The smallest absolute Gasteiger partial charge is 0.263 e. The molecule has 6 heteroatoms. The fourth-order valence-corrected chi connectivity index (χ4v) is 2.72. The van der Waals surface area contributed by atoms with Crippen molar-refractivity contribution in [2.45, 2.75) is 0 Å². The molecule has 0 atom stereocenters. The Morgan fingerprint density at radius 3 is 2.00 bits per heavy atom. The van der Waals surface area contributed by atoms with Crippen molar-refractivity contribution in [2.75, 3.05) is 5.43 Å². The van der Waals surface area contributed by atoms with Gasteiger partial charge in [-0.2, -0.15) is 5.10 Å². The lowest BCUT2D eigenvalue weighted by atomic mass is 10.0. The van der Waals surface area contributed by atoms with Gasteiger partial charge in [0.25, 0.3) is 5.95 Å². The molecule has 1 heterocycles. The number of anilines is 1. The summed E-state index contributed by atoms with van der Waals surface area (Å²) in [5.41, 5.74) is 6.65. The van der Waals surface area contributed by atoms with Gasteiger partial charge in [0.2, 0.25) is 0 Å². The molecule has 28 heavy (non-hydrogen) atoms. The number of aromatic nitrogens is 3. The minimum Gasteiger partial charge on any atom is -0.507 e. The minimum absolute atomic E-state index is 0.150. The number of hydrogen-bond acceptors (Lipinski definition) is 6. The van der Waals surface area contributed by atoms with Crippen molar-refractivity contribution >= 4 is 12.2 Å². The summed E-state index contributed by atoms with van der Waals surface area (Å²) in [6.45, 7) is 0. The Bertz CT molecular complexity index is 1100. The molecule has 0 aliphatic carbocycles. The molecule has 4 aromatic rings. The van der Waals surface area contributed by atoms with Gasteiger partial charge in [0.1, 0.15) is 17.1 Å². The van der Waals surface area contributed by atoms with Gasteiger partial charge in [0, 0.05) is 16.7 Å². The summed E-state index contributed by atoms with van der Waals surface area (Å²) in [7, 11) is 0. The lowest BCUT2D eigenvalue weighted by Gasteiger charge is -2.09. The van der Waals surface area contributed by atoms with E-state index in [2.05, 4.69) is 25.7 Å². The number of nitrogens with one attached hydrogen (secondary N) is 1. The molecule has 2 N–H and O–H groups in total. The van der Waals surface area contributed by atoms with Crippen molar-refractivity contribution in [2.24, 2.45) is 5.10 Å². The number of phenols is 1. The zero-order valence-corrected chi connectivity index (χ0v) is 14.9. The third-order valence-corrected chi connectivity index (χ3v) is 4.09. The van der Waals surface area contributed by atoms with Crippen LogP contribution in [-0.4, -0.2) is 26.5 Å². The van der Waals surface area contributed by atoms with Crippen LogP contribution in [0.1, 0.15) is 5.56 Å². The van der Waals surface area contributed by atoms with Gasteiger partial charge >= 0.3 is 0 Å². The first-order valence-corrected chi connectivity index (χ1v) is 8.74. The summed E-state index contributed by atoms with van der Waals surface area (Å²) in [6, 6.07) is 26.6. The summed E-state index contributed by atoms with van der Waals surface area (Å²) >= 11 is 0. The second-order valence-electron chi connectivity index (χ2n) is 5.99. The van der Waals surface area contributed by atoms with E-state index in [-0.39, 0.29) is 11.7 Å². The number of para-hydroxylation sites is 1. The van der Waals surface area contributed by atoms with Crippen molar-refractivity contribution in [1.29, 1.82) is 0 Å². The molecule has 0 radical (unpaired) electrons. The van der Waals surface area contributed by atoms with E-state index >= 15 is 0 Å². The number of hydrazone groups is 1. The highest BCUT2D eigenvalue weighted by molar-refractivity contribution is 5.83. The van der Waals surface area contributed by atoms with Gasteiger partial charge in [-0.15, -0.1) is 10.2 Å². The van der Waals surface area contributed by atoms with E-state index in [0.717, 1.165) is 11.1 Å². The lowest BCUT2D eigenvalue weighted by molar-refractivity contribution is 0.474. The molecule has 0 fully saturated rings. The average molecular weight is 367 g/mol. The van der Waals surface area contributed by atoms with Crippen molar-refractivity contribution < 1.29 is 5.11 Å². The van der Waals surface area contributed by atoms with E-state index in [9.17, 15) is 5.11 Å². The number of hydrogen-bond donors (Lipinski definition) is 2. The summed E-state index contributed by atoms with van der Waals surface area (Å²) < 4.78 is 0. The van der Waals surface area contributed by atoms with E-state index in [4.69, 9.17) is 0 Å². The molecular weight excluding hydrogens is 350 g/mol. The molecule has 136 valence electrons. The van der Waals surface area contributed by atoms with Crippen LogP contribution in [-0.2, 0) is 0 Å². The molecule has 0 amide bonds. The summed E-state index contributed by atoms with van der Waals surface area (Å²) in [5, 5.41) is 22.4. The van der Waals surface area contributed by atoms with Gasteiger partial charge in [-0.25, -0.2) is 10.4 Å². The molecular formula is C22H17N5O. The third kappa shape index (κ3) is 3.86. The Balaban J connectivity index is 1.68. The minimum atomic E-state index is 0.150. The van der Waals surface area contributed by atoms with Gasteiger partial charge in [-0.1, -0.05) is 72.8 Å². The summed E-state index contributed by atoms with van der Waals surface area (Å²) in [4.78, 5) is 4.61. The van der Waals surface area contributed by atoms with Crippen LogP contribution >= 0.6 is 0 Å². The van der Waals surface area contributed by atoms with E-state index in [1.807, 2.05) is 66.7 Å². The average Bonchev–Trinajstić information content (AvgIpc) is 2.76. The standard InChI is InChI=1S/C22H17N5O/c28-19-14-8-7-13-18(19)15-23-26-22-24-20(16-9-3-1-4-10-16)21(25-27-22)17-11-5-2-6-12-17/h1-15,28H,(H,24,26,27)/b23-15+. The quantitative estimate of drug-likeness (QED) is 0.404. The maximum absolute atomic E-state index is 9.80. The normalized spacial score (nSPS) is 10.9. The van der Waals surface area contributed by atoms with Crippen molar-refractivity contribution in [3.8, 4) is 28.3 Å². The van der Waals surface area contributed by atoms with Crippen LogP contribution in [0.15, 0.2) is 90.0 Å². The third-order valence-electron chi connectivity index (χ3n) is 4.09. The Morgan fingerprint density at radius 1 is 0.714 bits per heavy atom. The van der Waals surface area contributed by atoms with Gasteiger partial charge < -0.3 is 5.11 Å². The molecule has 0 saturated heterocycles. The maximum atomic E-state index is 9.80. The highest BCUT2D eigenvalue weighted by Gasteiger charge is 2.13. The first kappa shape index (κ1) is 17.4. The van der Waals surface area contributed by atoms with E-state index in [0.29, 0.717) is 17.0 Å². The topological polar surface area (TPSA) is 83.3 Å². The summed E-state index contributed by atoms with van der Waals surface area (Å²) in [6.07, 6.45) is 1.51. The Hall–Kier alpha value is -4.06. The Morgan fingerprint density at radius 2 is 1.32 bits per heavy atom. The van der Waals surface area contributed by atoms with E-state index in [1.165, 1.54) is 6.21 Å². The van der Waals surface area contributed by atoms with Gasteiger partial charge in [-0.3, -0.25) is 0 Å². The van der Waals surface area contributed by atoms with Gasteiger partial charge in [0.15, 0.2) is 0 Å². The van der Waals surface area contributed by atoms with Crippen LogP contribution in [0.5, 0.6) is 5.75 Å². The van der Waals surface area contributed by atoms with Crippen LogP contribution in [0.3, 0.4) is 0 Å². The van der Waals surface area contributed by atoms with Crippen LogP contribution in [0, 0.1) is 0 Å². The largest absolute Gasteiger partial charge is 0.507 e. The Labute approximate surface area is 162 Å². The van der Waals surface area contributed by atoms with Crippen LogP contribution in [0.2, 0.25) is 0 Å². The molecule has 3 aromatic carbocycles. The molecule has 4 rings (SSSR count). The number of rotatable bonds is 5. The monoisotopic (exact) mass is 367 g/mol. The number of nitrogens with zero attached hydrogens (tertiary/aromatic N) is 4.